The van der Waals surface area contributed by atoms with Crippen molar-refractivity contribution < 1.29 is 8.78 Å². The minimum Gasteiger partial charge on any atom is -0.399 e. The molecule has 0 spiro atoms. The number of halogens is 3. The first kappa shape index (κ1) is 13.3. The highest BCUT2D eigenvalue weighted by atomic mass is 35.5. The fourth-order valence-electron chi connectivity index (χ4n) is 1.49. The molecule has 0 bridgehead atoms. The summed E-state index contributed by atoms with van der Waals surface area (Å²) >= 11 is 5.99. The van der Waals surface area contributed by atoms with E-state index in [1.165, 1.54) is 0 Å². The summed E-state index contributed by atoms with van der Waals surface area (Å²) in [5.74, 6) is -1.71. The quantitative estimate of drug-likeness (QED) is 0.844. The van der Waals surface area contributed by atoms with Gasteiger partial charge in [-0.1, -0.05) is 18.2 Å². The van der Waals surface area contributed by atoms with Crippen LogP contribution in [-0.2, 0) is 0 Å². The number of nitrogens with one attached hydrogen (secondary N) is 1. The van der Waals surface area contributed by atoms with Crippen LogP contribution in [0, 0.1) is 11.6 Å². The van der Waals surface area contributed by atoms with Gasteiger partial charge in [0.15, 0.2) is 11.6 Å². The number of aromatic nitrogens is 1. The molecule has 98 valence electrons. The van der Waals surface area contributed by atoms with Gasteiger partial charge >= 0.3 is 0 Å². The highest BCUT2D eigenvalue weighted by Gasteiger charge is 2.10. The molecule has 3 N–H and O–H groups in total. The fourth-order valence-corrected chi connectivity index (χ4v) is 1.72. The Labute approximate surface area is 113 Å². The summed E-state index contributed by atoms with van der Waals surface area (Å²) in [5.41, 5.74) is 6.97. The van der Waals surface area contributed by atoms with Crippen LogP contribution in [0.3, 0.4) is 0 Å². The summed E-state index contributed by atoms with van der Waals surface area (Å²) in [7, 11) is 0. The van der Waals surface area contributed by atoms with Crippen LogP contribution in [0.1, 0.15) is 5.56 Å². The van der Waals surface area contributed by atoms with Gasteiger partial charge in [-0.05, 0) is 18.2 Å². The lowest BCUT2D eigenvalue weighted by molar-refractivity contribution is 0.577. The number of hydrogen-bond acceptors (Lipinski definition) is 3. The molecule has 2 aromatic rings. The Bertz CT molecular complexity index is 644. The lowest BCUT2D eigenvalue weighted by Gasteiger charge is -2.11. The number of nitrogens with two attached hydrogens (primary N) is 1. The highest BCUT2D eigenvalue weighted by Crippen LogP contribution is 2.26. The lowest BCUT2D eigenvalue weighted by Crippen LogP contribution is -2.03. The molecule has 3 nitrogen and oxygen atoms in total. The molecular formula is C13H10ClF2N3. The number of anilines is 2. The third-order valence-electron chi connectivity index (χ3n) is 2.39. The molecule has 0 fully saturated rings. The third kappa shape index (κ3) is 3.00. The Morgan fingerprint density at radius 3 is 2.74 bits per heavy atom. The zero-order valence-electron chi connectivity index (χ0n) is 9.75. The summed E-state index contributed by atoms with van der Waals surface area (Å²) < 4.78 is 26.2. The van der Waals surface area contributed by atoms with E-state index in [0.29, 0.717) is 22.0 Å². The maximum absolute atomic E-state index is 13.4. The van der Waals surface area contributed by atoms with Gasteiger partial charge in [0.05, 0.1) is 11.2 Å². The van der Waals surface area contributed by atoms with E-state index in [0.717, 1.165) is 12.3 Å². The van der Waals surface area contributed by atoms with Crippen LogP contribution in [0.5, 0.6) is 0 Å². The fraction of sp³-hybridized carbons (Fsp3) is 0. The van der Waals surface area contributed by atoms with Gasteiger partial charge < -0.3 is 11.1 Å². The van der Waals surface area contributed by atoms with Crippen LogP contribution in [0.25, 0.3) is 5.70 Å². The first-order valence-corrected chi connectivity index (χ1v) is 5.67. The zero-order chi connectivity index (χ0) is 14.0. The molecule has 6 heteroatoms. The normalized spacial score (nSPS) is 10.3. The van der Waals surface area contributed by atoms with E-state index in [1.807, 2.05) is 0 Å². The second-order valence-electron chi connectivity index (χ2n) is 3.83. The summed E-state index contributed by atoms with van der Waals surface area (Å²) in [5, 5.41) is 3.05. The largest absolute Gasteiger partial charge is 0.399 e. The Morgan fingerprint density at radius 1 is 1.32 bits per heavy atom. The number of rotatable bonds is 3. The summed E-state index contributed by atoms with van der Waals surface area (Å²) in [6, 6.07) is 5.56. The van der Waals surface area contributed by atoms with Gasteiger partial charge in [0.1, 0.15) is 5.82 Å². The van der Waals surface area contributed by atoms with Crippen molar-refractivity contribution in [3.8, 4) is 0 Å². The van der Waals surface area contributed by atoms with E-state index in [-0.39, 0.29) is 5.82 Å². The van der Waals surface area contributed by atoms with Gasteiger partial charge in [0.25, 0.3) is 0 Å². The molecule has 19 heavy (non-hydrogen) atoms. The average molecular weight is 282 g/mol. The van der Waals surface area contributed by atoms with Gasteiger partial charge in [-0.15, -0.1) is 0 Å². The van der Waals surface area contributed by atoms with E-state index in [2.05, 4.69) is 16.9 Å². The maximum Gasteiger partial charge on any atom is 0.168 e. The first-order chi connectivity index (χ1) is 8.97. The molecule has 0 radical (unpaired) electrons. The molecule has 0 aliphatic rings. The second kappa shape index (κ2) is 5.24. The molecule has 1 aromatic carbocycles. The van der Waals surface area contributed by atoms with Crippen molar-refractivity contribution in [2.45, 2.75) is 0 Å². The van der Waals surface area contributed by atoms with Crippen molar-refractivity contribution in [3.05, 3.63) is 59.3 Å². The first-order valence-electron chi connectivity index (χ1n) is 5.30. The van der Waals surface area contributed by atoms with Gasteiger partial charge in [0.2, 0.25) is 0 Å². The SMILES string of the molecule is C=C(Nc1ncc(F)cc1F)c1cc(N)ccc1Cl. The van der Waals surface area contributed by atoms with Crippen molar-refractivity contribution in [1.82, 2.24) is 4.98 Å². The molecule has 2 rings (SSSR count). The minimum absolute atomic E-state index is 0.134. The summed E-state index contributed by atoms with van der Waals surface area (Å²) in [6.07, 6.45) is 0.902. The van der Waals surface area contributed by atoms with E-state index in [4.69, 9.17) is 17.3 Å². The molecule has 0 unspecified atom stereocenters. The van der Waals surface area contributed by atoms with Gasteiger partial charge in [0, 0.05) is 23.0 Å². The van der Waals surface area contributed by atoms with Crippen LogP contribution in [-0.4, -0.2) is 4.98 Å². The van der Waals surface area contributed by atoms with Crippen molar-refractivity contribution >= 4 is 28.8 Å². The molecule has 0 saturated carbocycles. The van der Waals surface area contributed by atoms with E-state index in [1.54, 1.807) is 18.2 Å². The summed E-state index contributed by atoms with van der Waals surface area (Å²) in [6.45, 7) is 3.73. The Kier molecular flexibility index (Phi) is 3.66. The smallest absolute Gasteiger partial charge is 0.168 e. The molecule has 1 heterocycles. The number of nitrogen functional groups attached to an aromatic ring is 1. The summed E-state index contributed by atoms with van der Waals surface area (Å²) in [4.78, 5) is 3.60. The molecular weight excluding hydrogens is 272 g/mol. The predicted octanol–water partition coefficient (Wildman–Crippen LogP) is 3.68. The van der Waals surface area contributed by atoms with Crippen molar-refractivity contribution in [3.63, 3.8) is 0 Å². The zero-order valence-corrected chi connectivity index (χ0v) is 10.5. The molecule has 0 atom stereocenters. The van der Waals surface area contributed by atoms with Crippen LogP contribution in [0.2, 0.25) is 5.02 Å². The molecule has 0 aliphatic heterocycles. The lowest BCUT2D eigenvalue weighted by atomic mass is 10.1. The number of nitrogens with zero attached hydrogens (tertiary/aromatic N) is 1. The van der Waals surface area contributed by atoms with E-state index >= 15 is 0 Å². The highest BCUT2D eigenvalue weighted by molar-refractivity contribution is 6.32. The minimum atomic E-state index is -0.818. The van der Waals surface area contributed by atoms with Crippen molar-refractivity contribution in [1.29, 1.82) is 0 Å². The molecule has 0 saturated heterocycles. The molecule has 0 aliphatic carbocycles. The average Bonchev–Trinajstić information content (AvgIpc) is 2.35. The van der Waals surface area contributed by atoms with Gasteiger partial charge in [-0.3, -0.25) is 0 Å². The van der Waals surface area contributed by atoms with Crippen LogP contribution >= 0.6 is 11.6 Å². The number of benzene rings is 1. The second-order valence-corrected chi connectivity index (χ2v) is 4.23. The van der Waals surface area contributed by atoms with Crippen LogP contribution < -0.4 is 11.1 Å². The van der Waals surface area contributed by atoms with Crippen LogP contribution in [0.15, 0.2) is 37.0 Å². The van der Waals surface area contributed by atoms with E-state index in [9.17, 15) is 8.78 Å². The third-order valence-corrected chi connectivity index (χ3v) is 2.72. The Morgan fingerprint density at radius 2 is 2.05 bits per heavy atom. The Balaban J connectivity index is 2.28. The molecule has 0 amide bonds. The maximum atomic E-state index is 13.4. The number of hydrogen-bond donors (Lipinski definition) is 2. The molecule has 1 aromatic heterocycles. The van der Waals surface area contributed by atoms with E-state index < -0.39 is 11.6 Å². The van der Waals surface area contributed by atoms with Crippen molar-refractivity contribution in [2.24, 2.45) is 0 Å². The van der Waals surface area contributed by atoms with Gasteiger partial charge in [-0.25, -0.2) is 13.8 Å². The topological polar surface area (TPSA) is 50.9 Å². The Hall–Kier alpha value is -2.14. The number of pyridine rings is 1. The van der Waals surface area contributed by atoms with Crippen molar-refractivity contribution in [2.75, 3.05) is 11.1 Å². The predicted molar refractivity (Wildman–Crippen MR) is 72.7 cm³/mol. The van der Waals surface area contributed by atoms with Crippen LogP contribution in [0.4, 0.5) is 20.3 Å². The standard InChI is InChI=1S/C13H10ClF2N3/c1-7(10-5-9(17)2-3-11(10)14)19-13-12(16)4-8(15)6-18-13/h2-6H,1,17H2,(H,18,19). The monoisotopic (exact) mass is 281 g/mol. The van der Waals surface area contributed by atoms with Gasteiger partial charge in [-0.2, -0.15) is 0 Å².